The Bertz CT molecular complexity index is 292. The van der Waals surface area contributed by atoms with Gasteiger partial charge in [-0.05, 0) is 26.2 Å². The summed E-state index contributed by atoms with van der Waals surface area (Å²) in [5.41, 5.74) is 0. The number of hydrogen-bond donors (Lipinski definition) is 2. The summed E-state index contributed by atoms with van der Waals surface area (Å²) >= 11 is 0. The highest BCUT2D eigenvalue weighted by Gasteiger charge is 2.18. The van der Waals surface area contributed by atoms with Crippen molar-refractivity contribution in [1.82, 2.24) is 0 Å². The highest BCUT2D eigenvalue weighted by molar-refractivity contribution is 5.81. The Labute approximate surface area is 126 Å². The lowest BCUT2D eigenvalue weighted by Gasteiger charge is -2.20. The Balaban J connectivity index is 3.50. The van der Waals surface area contributed by atoms with Gasteiger partial charge in [-0.3, -0.25) is 0 Å². The van der Waals surface area contributed by atoms with E-state index >= 15 is 0 Å². The second kappa shape index (κ2) is 12.8. The molecule has 0 heterocycles. The number of carbonyl (C=O) groups is 1. The van der Waals surface area contributed by atoms with Gasteiger partial charge in [0.1, 0.15) is 0 Å². The van der Waals surface area contributed by atoms with E-state index in [-0.39, 0.29) is 18.5 Å². The zero-order valence-corrected chi connectivity index (χ0v) is 13.2. The van der Waals surface area contributed by atoms with Crippen LogP contribution in [0.25, 0.3) is 0 Å². The van der Waals surface area contributed by atoms with Gasteiger partial charge in [-0.1, -0.05) is 12.5 Å². The van der Waals surface area contributed by atoms with E-state index in [0.29, 0.717) is 6.61 Å². The summed E-state index contributed by atoms with van der Waals surface area (Å²) in [6, 6.07) is 0. The lowest BCUT2D eigenvalue weighted by atomic mass is 10.1. The Kier molecular flexibility index (Phi) is 12.2. The highest BCUT2D eigenvalue weighted by Crippen LogP contribution is 2.08. The van der Waals surface area contributed by atoms with Crippen LogP contribution in [0.4, 0.5) is 0 Å². The minimum Gasteiger partial charge on any atom is -0.466 e. The van der Waals surface area contributed by atoms with Gasteiger partial charge in [-0.25, -0.2) is 4.79 Å². The molecule has 0 fully saturated rings. The van der Waals surface area contributed by atoms with E-state index in [2.05, 4.69) is 4.74 Å². The van der Waals surface area contributed by atoms with Crippen molar-refractivity contribution in [2.75, 3.05) is 20.8 Å². The summed E-state index contributed by atoms with van der Waals surface area (Å²) in [6.07, 6.45) is 4.79. The number of methoxy groups -OCH3 is 2. The molecule has 2 N–H and O–H groups in total. The lowest BCUT2D eigenvalue weighted by Crippen LogP contribution is -2.30. The first-order valence-corrected chi connectivity index (χ1v) is 7.26. The number of esters is 1. The van der Waals surface area contributed by atoms with Crippen LogP contribution in [-0.2, 0) is 19.0 Å². The van der Waals surface area contributed by atoms with E-state index in [4.69, 9.17) is 9.47 Å². The van der Waals surface area contributed by atoms with Gasteiger partial charge in [0.15, 0.2) is 6.29 Å². The average molecular weight is 304 g/mol. The molecule has 0 amide bonds. The van der Waals surface area contributed by atoms with E-state index in [1.807, 2.05) is 0 Å². The molecule has 1 unspecified atom stereocenters. The normalized spacial score (nSPS) is 15.9. The number of carbonyl (C=O) groups excluding carboxylic acids is 1. The molecule has 0 aromatic rings. The molecule has 0 bridgehead atoms. The number of aliphatic hydroxyl groups excluding tert-OH is 2. The van der Waals surface area contributed by atoms with Gasteiger partial charge in [-0.15, -0.1) is 0 Å². The van der Waals surface area contributed by atoms with E-state index in [9.17, 15) is 15.0 Å². The Morgan fingerprint density at radius 1 is 1.19 bits per heavy atom. The largest absolute Gasteiger partial charge is 0.466 e. The molecule has 3 atom stereocenters. The summed E-state index contributed by atoms with van der Waals surface area (Å²) in [7, 11) is 2.86. The maximum atomic E-state index is 10.8. The van der Waals surface area contributed by atoms with Crippen LogP contribution < -0.4 is 0 Å². The monoisotopic (exact) mass is 304 g/mol. The predicted octanol–water partition coefficient (Wildman–Crippen LogP) is 1.40. The van der Waals surface area contributed by atoms with Gasteiger partial charge >= 0.3 is 5.97 Å². The first kappa shape index (κ1) is 20.1. The SMILES string of the molecule is COC(=O)/C=C/CCCCCO[C@@H](O)C[C@@H](O)C(C)OC. The zero-order chi connectivity index (χ0) is 16.1. The van der Waals surface area contributed by atoms with Gasteiger partial charge in [0.25, 0.3) is 0 Å². The van der Waals surface area contributed by atoms with Crippen molar-refractivity contribution >= 4 is 5.97 Å². The fourth-order valence-corrected chi connectivity index (χ4v) is 1.63. The second-order valence-electron chi connectivity index (χ2n) is 4.84. The van der Waals surface area contributed by atoms with Gasteiger partial charge in [0.2, 0.25) is 0 Å². The molecule has 0 aromatic carbocycles. The number of hydrogen-bond acceptors (Lipinski definition) is 6. The summed E-state index contributed by atoms with van der Waals surface area (Å²) in [5.74, 6) is -0.342. The molecule has 6 nitrogen and oxygen atoms in total. The molecule has 21 heavy (non-hydrogen) atoms. The quantitative estimate of drug-likeness (QED) is 0.245. The van der Waals surface area contributed by atoms with E-state index in [0.717, 1.165) is 25.7 Å². The van der Waals surface area contributed by atoms with Crippen molar-refractivity contribution in [2.24, 2.45) is 0 Å². The molecule has 0 aromatic heterocycles. The molecule has 0 radical (unpaired) electrons. The molecule has 6 heteroatoms. The van der Waals surface area contributed by atoms with Gasteiger partial charge in [0.05, 0.1) is 19.3 Å². The number of unbranched alkanes of at least 4 members (excludes halogenated alkanes) is 3. The van der Waals surface area contributed by atoms with Crippen LogP contribution in [-0.4, -0.2) is 55.5 Å². The molecule has 0 aliphatic rings. The first-order valence-electron chi connectivity index (χ1n) is 7.26. The second-order valence-corrected chi connectivity index (χ2v) is 4.84. The first-order chi connectivity index (χ1) is 10.0. The fourth-order valence-electron chi connectivity index (χ4n) is 1.63. The van der Waals surface area contributed by atoms with Crippen molar-refractivity contribution in [3.05, 3.63) is 12.2 Å². The van der Waals surface area contributed by atoms with Crippen LogP contribution in [0.2, 0.25) is 0 Å². The lowest BCUT2D eigenvalue weighted by molar-refractivity contribution is -0.135. The maximum Gasteiger partial charge on any atom is 0.330 e. The maximum absolute atomic E-state index is 10.8. The van der Waals surface area contributed by atoms with Crippen LogP contribution in [0.5, 0.6) is 0 Å². The van der Waals surface area contributed by atoms with E-state index in [1.165, 1.54) is 20.3 Å². The summed E-state index contributed by atoms with van der Waals surface area (Å²) in [5, 5.41) is 19.2. The summed E-state index contributed by atoms with van der Waals surface area (Å²) < 4.78 is 14.7. The summed E-state index contributed by atoms with van der Waals surface area (Å²) in [6.45, 7) is 2.18. The van der Waals surface area contributed by atoms with Crippen LogP contribution in [0.15, 0.2) is 12.2 Å². The smallest absolute Gasteiger partial charge is 0.330 e. The molecular formula is C15H28O6. The molecular weight excluding hydrogens is 276 g/mol. The Hall–Kier alpha value is -0.950. The van der Waals surface area contributed by atoms with Crippen LogP contribution in [0.3, 0.4) is 0 Å². The number of allylic oxidation sites excluding steroid dienone is 1. The van der Waals surface area contributed by atoms with Crippen LogP contribution in [0, 0.1) is 0 Å². The fraction of sp³-hybridized carbons (Fsp3) is 0.800. The van der Waals surface area contributed by atoms with Crippen LogP contribution in [0.1, 0.15) is 39.0 Å². The number of ether oxygens (including phenoxy) is 3. The molecule has 0 saturated carbocycles. The van der Waals surface area contributed by atoms with Crippen LogP contribution >= 0.6 is 0 Å². The standard InChI is InChI=1S/C15H28O6/c1-12(19-2)13(16)11-15(18)21-10-8-6-4-5-7-9-14(17)20-3/h7,9,12-13,15-16,18H,4-6,8,10-11H2,1-3H3/b9-7+/t12?,13-,15-/m1/s1. The predicted molar refractivity (Wildman–Crippen MR) is 78.7 cm³/mol. The molecule has 0 saturated heterocycles. The number of aliphatic hydroxyl groups is 2. The third-order valence-corrected chi connectivity index (χ3v) is 3.14. The van der Waals surface area contributed by atoms with Crippen molar-refractivity contribution < 1.29 is 29.2 Å². The zero-order valence-electron chi connectivity index (χ0n) is 13.2. The van der Waals surface area contributed by atoms with Gasteiger partial charge in [-0.2, -0.15) is 0 Å². The summed E-state index contributed by atoms with van der Waals surface area (Å²) in [4.78, 5) is 10.8. The molecule has 0 aliphatic heterocycles. The molecule has 124 valence electrons. The number of rotatable bonds is 12. The molecule has 0 aliphatic carbocycles. The minimum absolute atomic E-state index is 0.136. The topological polar surface area (TPSA) is 85.2 Å². The van der Waals surface area contributed by atoms with Crippen molar-refractivity contribution in [3.8, 4) is 0 Å². The van der Waals surface area contributed by atoms with Gasteiger partial charge in [0, 0.05) is 26.2 Å². The third-order valence-electron chi connectivity index (χ3n) is 3.14. The third kappa shape index (κ3) is 11.4. The van der Waals surface area contributed by atoms with Crippen molar-refractivity contribution in [1.29, 1.82) is 0 Å². The van der Waals surface area contributed by atoms with Gasteiger partial charge < -0.3 is 24.4 Å². The highest BCUT2D eigenvalue weighted by atomic mass is 16.6. The van der Waals surface area contributed by atoms with Crippen molar-refractivity contribution in [3.63, 3.8) is 0 Å². The molecule has 0 spiro atoms. The Morgan fingerprint density at radius 2 is 1.90 bits per heavy atom. The van der Waals surface area contributed by atoms with E-state index in [1.54, 1.807) is 13.0 Å². The van der Waals surface area contributed by atoms with E-state index < -0.39 is 12.4 Å². The minimum atomic E-state index is -0.975. The average Bonchev–Trinajstić information content (AvgIpc) is 2.48. The Morgan fingerprint density at radius 3 is 2.52 bits per heavy atom. The van der Waals surface area contributed by atoms with Crippen molar-refractivity contribution in [2.45, 2.75) is 57.5 Å². The molecule has 0 rings (SSSR count).